The van der Waals surface area contributed by atoms with E-state index in [1.165, 1.54) is 0 Å². The largest absolute Gasteiger partial charge is 0.370 e. The van der Waals surface area contributed by atoms with Gasteiger partial charge in [0.15, 0.2) is 13.2 Å². The topological polar surface area (TPSA) is 174 Å². The van der Waals surface area contributed by atoms with Crippen LogP contribution in [0.1, 0.15) is 32.6 Å². The second-order valence-electron chi connectivity index (χ2n) is 5.56. The molecule has 1 fully saturated rings. The maximum atomic E-state index is 12.6. The average Bonchev–Trinajstić information content (AvgIpc) is 2.48. The molecule has 0 radical (unpaired) electrons. The van der Waals surface area contributed by atoms with Crippen LogP contribution in [-0.2, 0) is 18.9 Å². The quantitative estimate of drug-likeness (QED) is 0.191. The zero-order chi connectivity index (χ0) is 17.6. The third kappa shape index (κ3) is 5.00. The number of nitrogens with zero attached hydrogens (tertiary/aromatic N) is 1. The lowest BCUT2D eigenvalue weighted by Crippen LogP contribution is -2.60. The van der Waals surface area contributed by atoms with Gasteiger partial charge in [0.05, 0.1) is 6.42 Å². The molecule has 3 atom stereocenters. The summed E-state index contributed by atoms with van der Waals surface area (Å²) in [6.07, 6.45) is 1.04. The molecule has 23 heavy (non-hydrogen) atoms. The molecule has 8 N–H and O–H groups in total. The van der Waals surface area contributed by atoms with E-state index in [1.807, 2.05) is 6.92 Å². The Labute approximate surface area is 135 Å². The first kappa shape index (κ1) is 19.6. The Morgan fingerprint density at radius 2 is 2.13 bits per heavy atom. The standard InChI is InChI=1S/C12H25N6O4P/c1-2-5-16-10(20)8(7-9(13)19)17-23(22)12(14)4-3-6-18(15)11(12)21/h8,23H,2-7,14-15H2,1H3,(H2,13,19)(H,16,20)(H,17,22)/t8?,12-/m0/s1. The van der Waals surface area contributed by atoms with Gasteiger partial charge >= 0.3 is 0 Å². The summed E-state index contributed by atoms with van der Waals surface area (Å²) in [4.78, 5) is 35.3. The number of hydrogen-bond acceptors (Lipinski definition) is 6. The number of carbonyl (C=O) groups excluding carboxylic acids is 3. The molecule has 0 spiro atoms. The normalized spacial score (nSPS) is 24.1. The molecular formula is C12H25N6O4P. The molecule has 0 aromatic carbocycles. The monoisotopic (exact) mass is 348 g/mol. The van der Waals surface area contributed by atoms with Gasteiger partial charge in [0.1, 0.15) is 6.04 Å². The Bertz CT molecular complexity index is 502. The van der Waals surface area contributed by atoms with Crippen LogP contribution < -0.4 is 27.7 Å². The van der Waals surface area contributed by atoms with Crippen molar-refractivity contribution < 1.29 is 18.9 Å². The van der Waals surface area contributed by atoms with E-state index in [2.05, 4.69) is 10.4 Å². The first-order valence-electron chi connectivity index (χ1n) is 7.45. The highest BCUT2D eigenvalue weighted by Crippen LogP contribution is 2.39. The van der Waals surface area contributed by atoms with Crippen molar-refractivity contribution in [3.63, 3.8) is 0 Å². The van der Waals surface area contributed by atoms with Crippen LogP contribution in [0.2, 0.25) is 0 Å². The molecule has 1 aliphatic heterocycles. The van der Waals surface area contributed by atoms with Crippen LogP contribution in [0.25, 0.3) is 0 Å². The second kappa shape index (κ2) is 8.39. The van der Waals surface area contributed by atoms with Crippen molar-refractivity contribution in [3.05, 3.63) is 0 Å². The molecule has 3 amide bonds. The molecule has 10 nitrogen and oxygen atoms in total. The van der Waals surface area contributed by atoms with E-state index >= 15 is 0 Å². The summed E-state index contributed by atoms with van der Waals surface area (Å²) in [5, 5.41) is 4.37. The molecule has 1 heterocycles. The van der Waals surface area contributed by atoms with Crippen molar-refractivity contribution in [1.29, 1.82) is 0 Å². The molecular weight excluding hydrogens is 323 g/mol. The number of hydrogen-bond donors (Lipinski definition) is 5. The zero-order valence-corrected chi connectivity index (χ0v) is 14.1. The van der Waals surface area contributed by atoms with Gasteiger partial charge < -0.3 is 21.3 Å². The van der Waals surface area contributed by atoms with Crippen LogP contribution in [-0.4, -0.2) is 47.1 Å². The van der Waals surface area contributed by atoms with E-state index in [0.717, 1.165) is 5.01 Å². The molecule has 1 aliphatic rings. The summed E-state index contributed by atoms with van der Waals surface area (Å²) < 4.78 is 12.6. The minimum absolute atomic E-state index is 0.185. The van der Waals surface area contributed by atoms with E-state index < -0.39 is 37.0 Å². The molecule has 0 aromatic rings. The number of nitrogens with two attached hydrogens (primary N) is 3. The van der Waals surface area contributed by atoms with Gasteiger partial charge in [-0.2, -0.15) is 0 Å². The van der Waals surface area contributed by atoms with E-state index in [9.17, 15) is 18.9 Å². The van der Waals surface area contributed by atoms with Crippen molar-refractivity contribution in [3.8, 4) is 0 Å². The molecule has 2 unspecified atom stereocenters. The van der Waals surface area contributed by atoms with Gasteiger partial charge in [-0.25, -0.2) is 5.84 Å². The Balaban J connectivity index is 2.85. The average molecular weight is 348 g/mol. The SMILES string of the molecule is CCCNC(=O)C(CC(N)=O)N[PH](=O)[C@@]1(N)CCCN(N)C1=O. The molecule has 0 aliphatic carbocycles. The molecule has 0 bridgehead atoms. The number of carbonyl (C=O) groups is 3. The molecule has 1 saturated heterocycles. The third-order valence-corrected chi connectivity index (χ3v) is 5.48. The van der Waals surface area contributed by atoms with Crippen LogP contribution in [0.5, 0.6) is 0 Å². The Morgan fingerprint density at radius 3 is 2.70 bits per heavy atom. The Hall–Kier alpha value is -1.48. The molecule has 11 heteroatoms. The highest BCUT2D eigenvalue weighted by Gasteiger charge is 2.46. The fraction of sp³-hybridized carbons (Fsp3) is 0.750. The number of hydrazine groups is 1. The highest BCUT2D eigenvalue weighted by molar-refractivity contribution is 7.45. The molecule has 0 saturated carbocycles. The smallest absolute Gasteiger partial charge is 0.265 e. The summed E-state index contributed by atoms with van der Waals surface area (Å²) in [6, 6.07) is -1.10. The lowest BCUT2D eigenvalue weighted by molar-refractivity contribution is -0.137. The fourth-order valence-electron chi connectivity index (χ4n) is 2.27. The maximum absolute atomic E-state index is 12.6. The number of rotatable bonds is 8. The number of primary amides is 1. The minimum atomic E-state index is -2.94. The highest BCUT2D eigenvalue weighted by atomic mass is 31.1. The zero-order valence-electron chi connectivity index (χ0n) is 13.1. The minimum Gasteiger partial charge on any atom is -0.370 e. The summed E-state index contributed by atoms with van der Waals surface area (Å²) in [5.41, 5.74) is 11.1. The van der Waals surface area contributed by atoms with Gasteiger partial charge in [0.2, 0.25) is 11.8 Å². The predicted molar refractivity (Wildman–Crippen MR) is 85.1 cm³/mol. The maximum Gasteiger partial charge on any atom is 0.265 e. The lowest BCUT2D eigenvalue weighted by Gasteiger charge is -2.36. The summed E-state index contributed by atoms with van der Waals surface area (Å²) >= 11 is 0. The van der Waals surface area contributed by atoms with Crippen LogP contribution in [0.4, 0.5) is 0 Å². The number of piperidine rings is 1. The molecule has 0 aromatic heterocycles. The third-order valence-electron chi connectivity index (χ3n) is 3.59. The lowest BCUT2D eigenvalue weighted by atomic mass is 10.1. The van der Waals surface area contributed by atoms with E-state index in [4.69, 9.17) is 17.3 Å². The van der Waals surface area contributed by atoms with Gasteiger partial charge in [-0.1, -0.05) is 6.92 Å². The second-order valence-corrected chi connectivity index (χ2v) is 7.40. The van der Waals surface area contributed by atoms with Crippen molar-refractivity contribution in [2.45, 2.75) is 43.9 Å². The van der Waals surface area contributed by atoms with Gasteiger partial charge in [0.25, 0.3) is 5.91 Å². The van der Waals surface area contributed by atoms with Gasteiger partial charge in [0, 0.05) is 13.1 Å². The van der Waals surface area contributed by atoms with E-state index in [1.54, 1.807) is 0 Å². The number of nitrogens with one attached hydrogen (secondary N) is 2. The Morgan fingerprint density at radius 1 is 1.48 bits per heavy atom. The predicted octanol–water partition coefficient (Wildman–Crippen LogP) is -2.03. The van der Waals surface area contributed by atoms with Gasteiger partial charge in [-0.15, -0.1) is 0 Å². The van der Waals surface area contributed by atoms with Crippen LogP contribution in [0.3, 0.4) is 0 Å². The first-order valence-corrected chi connectivity index (χ1v) is 8.85. The van der Waals surface area contributed by atoms with Crippen molar-refractivity contribution in [2.75, 3.05) is 13.1 Å². The molecule has 1 rings (SSSR count). The van der Waals surface area contributed by atoms with Crippen molar-refractivity contribution in [2.24, 2.45) is 17.3 Å². The summed E-state index contributed by atoms with van der Waals surface area (Å²) in [7, 11) is -2.94. The number of amides is 3. The molecule has 132 valence electrons. The van der Waals surface area contributed by atoms with E-state index in [-0.39, 0.29) is 12.8 Å². The first-order chi connectivity index (χ1) is 10.7. The van der Waals surface area contributed by atoms with Crippen LogP contribution >= 0.6 is 7.95 Å². The summed E-state index contributed by atoms with van der Waals surface area (Å²) in [5.74, 6) is 3.64. The van der Waals surface area contributed by atoms with Gasteiger partial charge in [-0.3, -0.25) is 24.5 Å². The fourth-order valence-corrected chi connectivity index (χ4v) is 3.82. The summed E-state index contributed by atoms with van der Waals surface area (Å²) in [6.45, 7) is 2.60. The van der Waals surface area contributed by atoms with Crippen LogP contribution in [0.15, 0.2) is 0 Å². The van der Waals surface area contributed by atoms with Gasteiger partial charge in [-0.05, 0) is 19.3 Å². The van der Waals surface area contributed by atoms with E-state index in [0.29, 0.717) is 25.9 Å². The Kier molecular flexibility index (Phi) is 7.14. The van der Waals surface area contributed by atoms with Crippen molar-refractivity contribution in [1.82, 2.24) is 15.4 Å². The van der Waals surface area contributed by atoms with Crippen molar-refractivity contribution >= 4 is 25.7 Å². The van der Waals surface area contributed by atoms with Crippen LogP contribution in [0, 0.1) is 0 Å².